The van der Waals surface area contributed by atoms with Crippen molar-refractivity contribution in [2.75, 3.05) is 0 Å². The molecule has 0 aromatic heterocycles. The fraction of sp³-hybridized carbons (Fsp3) is 0. The van der Waals surface area contributed by atoms with E-state index in [1.165, 1.54) is 6.07 Å². The van der Waals surface area contributed by atoms with Gasteiger partial charge in [-0.15, -0.1) is 0 Å². The molecule has 0 aliphatic heterocycles. The molecule has 0 aliphatic carbocycles. The number of halogens is 1. The van der Waals surface area contributed by atoms with Gasteiger partial charge in [0, 0.05) is 10.4 Å². The Labute approximate surface area is 90.5 Å². The van der Waals surface area contributed by atoms with Gasteiger partial charge < -0.3 is 10.2 Å². The van der Waals surface area contributed by atoms with Crippen LogP contribution in [0.5, 0.6) is 5.75 Å². The number of aromatic carboxylic acids is 1. The van der Waals surface area contributed by atoms with E-state index in [1.54, 1.807) is 24.3 Å². The molecule has 2 N–H and O–H groups in total. The largest absolute Gasteiger partial charge is 0.506 e. The van der Waals surface area contributed by atoms with Crippen LogP contribution < -0.4 is 0 Å². The van der Waals surface area contributed by atoms with Crippen LogP contribution in [0.1, 0.15) is 10.4 Å². The molecule has 0 saturated heterocycles. The highest BCUT2D eigenvalue weighted by molar-refractivity contribution is 6.31. The number of carboxylic acids is 1. The van der Waals surface area contributed by atoms with Gasteiger partial charge in [-0.3, -0.25) is 0 Å². The van der Waals surface area contributed by atoms with Crippen LogP contribution in [-0.2, 0) is 0 Å². The Morgan fingerprint density at radius 2 is 1.87 bits per heavy atom. The zero-order valence-corrected chi connectivity index (χ0v) is 8.32. The van der Waals surface area contributed by atoms with Crippen LogP contribution >= 0.6 is 11.6 Å². The van der Waals surface area contributed by atoms with Crippen LogP contribution in [0.4, 0.5) is 0 Å². The fourth-order valence-electron chi connectivity index (χ4n) is 1.45. The second kappa shape index (κ2) is 3.44. The van der Waals surface area contributed by atoms with Crippen molar-refractivity contribution >= 4 is 28.3 Å². The highest BCUT2D eigenvalue weighted by Gasteiger charge is 2.12. The summed E-state index contributed by atoms with van der Waals surface area (Å²) in [6.45, 7) is 0. The van der Waals surface area contributed by atoms with E-state index in [0.29, 0.717) is 10.4 Å². The van der Waals surface area contributed by atoms with E-state index in [0.717, 1.165) is 5.39 Å². The van der Waals surface area contributed by atoms with Crippen molar-refractivity contribution in [1.29, 1.82) is 0 Å². The van der Waals surface area contributed by atoms with E-state index in [9.17, 15) is 9.90 Å². The van der Waals surface area contributed by atoms with Crippen LogP contribution in [0.3, 0.4) is 0 Å². The third-order valence-corrected chi connectivity index (χ3v) is 2.42. The topological polar surface area (TPSA) is 57.5 Å². The summed E-state index contributed by atoms with van der Waals surface area (Å²) in [5.74, 6) is -1.41. The SMILES string of the molecule is O=C(O)c1ccc2ccc(Cl)cc2c1O. The molecule has 0 radical (unpaired) electrons. The van der Waals surface area contributed by atoms with E-state index >= 15 is 0 Å². The average molecular weight is 223 g/mol. The van der Waals surface area contributed by atoms with Crippen molar-refractivity contribution in [3.05, 3.63) is 40.9 Å². The molecule has 0 spiro atoms. The van der Waals surface area contributed by atoms with Gasteiger partial charge in [0.2, 0.25) is 0 Å². The van der Waals surface area contributed by atoms with Crippen LogP contribution in [0.25, 0.3) is 10.8 Å². The van der Waals surface area contributed by atoms with E-state index in [1.807, 2.05) is 0 Å². The van der Waals surface area contributed by atoms with Crippen LogP contribution in [0.2, 0.25) is 5.02 Å². The molecule has 2 aromatic carbocycles. The minimum absolute atomic E-state index is 0.121. The lowest BCUT2D eigenvalue weighted by atomic mass is 10.1. The molecule has 2 rings (SSSR count). The molecule has 4 heteroatoms. The van der Waals surface area contributed by atoms with Crippen LogP contribution in [0.15, 0.2) is 30.3 Å². The standard InChI is InChI=1S/C11H7ClO3/c12-7-3-1-6-2-4-8(11(14)15)10(13)9(6)5-7/h1-5,13H,(H,14,15). The van der Waals surface area contributed by atoms with E-state index in [4.69, 9.17) is 16.7 Å². The molecular weight excluding hydrogens is 216 g/mol. The number of benzene rings is 2. The maximum atomic E-state index is 10.8. The first-order valence-corrected chi connectivity index (χ1v) is 4.62. The van der Waals surface area contributed by atoms with Gasteiger partial charge in [0.1, 0.15) is 11.3 Å². The molecule has 0 fully saturated rings. The highest BCUT2D eigenvalue weighted by Crippen LogP contribution is 2.30. The van der Waals surface area contributed by atoms with Crippen molar-refractivity contribution in [3.63, 3.8) is 0 Å². The van der Waals surface area contributed by atoms with Gasteiger partial charge in [0.25, 0.3) is 0 Å². The molecule has 76 valence electrons. The van der Waals surface area contributed by atoms with Crippen molar-refractivity contribution in [2.24, 2.45) is 0 Å². The Morgan fingerprint density at radius 3 is 2.53 bits per heavy atom. The smallest absolute Gasteiger partial charge is 0.339 e. The summed E-state index contributed by atoms with van der Waals surface area (Å²) < 4.78 is 0. The lowest BCUT2D eigenvalue weighted by Gasteiger charge is -2.04. The maximum absolute atomic E-state index is 10.8. The Balaban J connectivity index is 2.82. The van der Waals surface area contributed by atoms with Gasteiger partial charge in [-0.05, 0) is 23.6 Å². The Kier molecular flexibility index (Phi) is 2.25. The van der Waals surface area contributed by atoms with Gasteiger partial charge in [0.15, 0.2) is 0 Å². The predicted molar refractivity (Wildman–Crippen MR) is 57.6 cm³/mol. The molecule has 3 nitrogen and oxygen atoms in total. The number of carboxylic acid groups (broad SMARTS) is 1. The third-order valence-electron chi connectivity index (χ3n) is 2.19. The fourth-order valence-corrected chi connectivity index (χ4v) is 1.62. The molecule has 15 heavy (non-hydrogen) atoms. The minimum atomic E-state index is -1.16. The summed E-state index contributed by atoms with van der Waals surface area (Å²) in [5.41, 5.74) is -0.121. The Morgan fingerprint density at radius 1 is 1.20 bits per heavy atom. The molecular formula is C11H7ClO3. The molecule has 0 saturated carbocycles. The predicted octanol–water partition coefficient (Wildman–Crippen LogP) is 2.90. The molecule has 0 unspecified atom stereocenters. The van der Waals surface area contributed by atoms with Crippen molar-refractivity contribution in [1.82, 2.24) is 0 Å². The quantitative estimate of drug-likeness (QED) is 0.780. The lowest BCUT2D eigenvalue weighted by molar-refractivity contribution is 0.0694. The maximum Gasteiger partial charge on any atom is 0.339 e. The van der Waals surface area contributed by atoms with E-state index in [-0.39, 0.29) is 11.3 Å². The monoisotopic (exact) mass is 222 g/mol. The lowest BCUT2D eigenvalue weighted by Crippen LogP contribution is -1.96. The second-order valence-electron chi connectivity index (χ2n) is 3.13. The number of phenols is 1. The zero-order valence-electron chi connectivity index (χ0n) is 7.57. The second-order valence-corrected chi connectivity index (χ2v) is 3.57. The van der Waals surface area contributed by atoms with Crippen molar-refractivity contribution in [2.45, 2.75) is 0 Å². The normalized spacial score (nSPS) is 10.5. The van der Waals surface area contributed by atoms with E-state index in [2.05, 4.69) is 0 Å². The Hall–Kier alpha value is -1.74. The summed E-state index contributed by atoms with van der Waals surface area (Å²) in [4.78, 5) is 10.8. The molecule has 0 aliphatic rings. The minimum Gasteiger partial charge on any atom is -0.506 e. The van der Waals surface area contributed by atoms with Gasteiger partial charge in [-0.2, -0.15) is 0 Å². The summed E-state index contributed by atoms with van der Waals surface area (Å²) in [6.07, 6.45) is 0. The molecule has 0 atom stereocenters. The summed E-state index contributed by atoms with van der Waals surface area (Å²) in [5, 5.41) is 20.2. The third kappa shape index (κ3) is 1.62. The molecule has 0 bridgehead atoms. The molecule has 0 heterocycles. The number of fused-ring (bicyclic) bond motifs is 1. The Bertz CT molecular complexity index is 549. The van der Waals surface area contributed by atoms with Crippen molar-refractivity contribution in [3.8, 4) is 5.75 Å². The first-order chi connectivity index (χ1) is 7.09. The number of aromatic hydroxyl groups is 1. The van der Waals surface area contributed by atoms with Gasteiger partial charge >= 0.3 is 5.97 Å². The van der Waals surface area contributed by atoms with Gasteiger partial charge in [0.05, 0.1) is 0 Å². The summed E-state index contributed by atoms with van der Waals surface area (Å²) in [7, 11) is 0. The first kappa shape index (κ1) is 9.80. The highest BCUT2D eigenvalue weighted by atomic mass is 35.5. The molecule has 2 aromatic rings. The number of rotatable bonds is 1. The zero-order chi connectivity index (χ0) is 11.0. The number of hydrogen-bond donors (Lipinski definition) is 2. The molecule has 0 amide bonds. The van der Waals surface area contributed by atoms with Crippen LogP contribution in [-0.4, -0.2) is 16.2 Å². The summed E-state index contributed by atoms with van der Waals surface area (Å²) in [6, 6.07) is 7.95. The first-order valence-electron chi connectivity index (χ1n) is 4.24. The number of hydrogen-bond acceptors (Lipinski definition) is 2. The number of carbonyl (C=O) groups is 1. The van der Waals surface area contributed by atoms with Crippen LogP contribution in [0, 0.1) is 0 Å². The van der Waals surface area contributed by atoms with E-state index < -0.39 is 5.97 Å². The summed E-state index contributed by atoms with van der Waals surface area (Å²) >= 11 is 5.76. The average Bonchev–Trinajstić information content (AvgIpc) is 2.19. The van der Waals surface area contributed by atoms with Crippen molar-refractivity contribution < 1.29 is 15.0 Å². The van der Waals surface area contributed by atoms with Gasteiger partial charge in [-0.1, -0.05) is 23.7 Å². The van der Waals surface area contributed by atoms with Gasteiger partial charge in [-0.25, -0.2) is 4.79 Å².